The Bertz CT molecular complexity index is 1260. The average Bonchev–Trinajstić information content (AvgIpc) is 2.81. The zero-order chi connectivity index (χ0) is 22.1. The second-order valence-electron chi connectivity index (χ2n) is 6.08. The lowest BCUT2D eigenvalue weighted by Crippen LogP contribution is -2.27. The Labute approximate surface area is 176 Å². The zero-order valence-electron chi connectivity index (χ0n) is 15.9. The molecule has 0 unspecified atom stereocenters. The van der Waals surface area contributed by atoms with Crippen LogP contribution in [0.15, 0.2) is 92.8 Å². The zero-order valence-corrected chi connectivity index (χ0v) is 15.9. The van der Waals surface area contributed by atoms with Crippen LogP contribution < -0.4 is 0 Å². The van der Waals surface area contributed by atoms with Gasteiger partial charge in [-0.2, -0.15) is 20.0 Å². The van der Waals surface area contributed by atoms with Crippen molar-refractivity contribution in [1.82, 2.24) is 0 Å². The Kier molecular flexibility index (Phi) is 6.47. The number of isocyanates is 4. The van der Waals surface area contributed by atoms with Gasteiger partial charge in [-0.15, -0.1) is 0 Å². The Morgan fingerprint density at radius 3 is 1.55 bits per heavy atom. The van der Waals surface area contributed by atoms with Crippen LogP contribution in [0.3, 0.4) is 0 Å². The molecular formula is C23H12N4O4. The Balaban J connectivity index is 2.58. The summed E-state index contributed by atoms with van der Waals surface area (Å²) in [5, 5.41) is 0. The number of aliphatic imine (C=N–C) groups is 4. The fourth-order valence-corrected chi connectivity index (χ4v) is 3.41. The van der Waals surface area contributed by atoms with Crippen molar-refractivity contribution in [3.8, 4) is 0 Å². The molecule has 0 saturated carbocycles. The van der Waals surface area contributed by atoms with Crippen LogP contribution in [0.4, 0.5) is 17.1 Å². The van der Waals surface area contributed by atoms with Crippen LogP contribution in [0.25, 0.3) is 0 Å². The maximum atomic E-state index is 11.6. The van der Waals surface area contributed by atoms with E-state index in [2.05, 4.69) is 20.0 Å². The van der Waals surface area contributed by atoms with E-state index in [1.165, 1.54) is 30.4 Å². The molecule has 0 bridgehead atoms. The monoisotopic (exact) mass is 408 g/mol. The summed E-state index contributed by atoms with van der Waals surface area (Å²) < 4.78 is 0. The van der Waals surface area contributed by atoms with E-state index in [0.717, 1.165) is 0 Å². The highest BCUT2D eigenvalue weighted by atomic mass is 16.1. The molecule has 0 fully saturated rings. The van der Waals surface area contributed by atoms with E-state index in [4.69, 9.17) is 0 Å². The fraction of sp³-hybridized carbons (Fsp3) is 0.0435. The maximum Gasteiger partial charge on any atom is 0.240 e. The summed E-state index contributed by atoms with van der Waals surface area (Å²) >= 11 is 0. The van der Waals surface area contributed by atoms with Crippen LogP contribution in [0, 0.1) is 0 Å². The number of rotatable bonds is 7. The van der Waals surface area contributed by atoms with Gasteiger partial charge >= 0.3 is 0 Å². The number of benzene rings is 3. The van der Waals surface area contributed by atoms with Gasteiger partial charge in [0.25, 0.3) is 0 Å². The molecule has 31 heavy (non-hydrogen) atoms. The molecule has 3 rings (SSSR count). The summed E-state index contributed by atoms with van der Waals surface area (Å²) in [6.07, 6.45) is 5.74. The van der Waals surface area contributed by atoms with Crippen molar-refractivity contribution < 1.29 is 19.2 Å². The van der Waals surface area contributed by atoms with Crippen LogP contribution in [-0.2, 0) is 24.7 Å². The summed E-state index contributed by atoms with van der Waals surface area (Å²) in [6, 6.07) is 20.4. The number of hydrogen-bond acceptors (Lipinski definition) is 8. The van der Waals surface area contributed by atoms with Gasteiger partial charge in [0.05, 0.1) is 0 Å². The first-order valence-corrected chi connectivity index (χ1v) is 8.84. The summed E-state index contributed by atoms with van der Waals surface area (Å²) in [7, 11) is 0. The fourth-order valence-electron chi connectivity index (χ4n) is 3.41. The molecule has 0 aliphatic rings. The molecule has 0 aliphatic heterocycles. The van der Waals surface area contributed by atoms with Crippen LogP contribution in [0.2, 0.25) is 0 Å². The third-order valence-corrected chi connectivity index (χ3v) is 4.60. The molecule has 0 aromatic heterocycles. The summed E-state index contributed by atoms with van der Waals surface area (Å²) in [6.45, 7) is 0. The first-order valence-electron chi connectivity index (χ1n) is 8.84. The predicted molar refractivity (Wildman–Crippen MR) is 111 cm³/mol. The largest absolute Gasteiger partial charge is 0.240 e. The van der Waals surface area contributed by atoms with E-state index in [9.17, 15) is 19.2 Å². The van der Waals surface area contributed by atoms with Crippen LogP contribution in [0.1, 0.15) is 16.7 Å². The van der Waals surface area contributed by atoms with E-state index in [1.807, 2.05) is 0 Å². The molecule has 8 nitrogen and oxygen atoms in total. The number of hydrogen-bond donors (Lipinski definition) is 0. The highest BCUT2D eigenvalue weighted by molar-refractivity contribution is 5.85. The maximum absolute atomic E-state index is 11.6. The minimum absolute atomic E-state index is 0.0683. The van der Waals surface area contributed by atoms with Gasteiger partial charge < -0.3 is 0 Å². The molecule has 0 amide bonds. The van der Waals surface area contributed by atoms with E-state index in [1.54, 1.807) is 66.7 Å². The average molecular weight is 408 g/mol. The Morgan fingerprint density at radius 2 is 1.06 bits per heavy atom. The summed E-state index contributed by atoms with van der Waals surface area (Å²) in [5.74, 6) is 0. The lowest BCUT2D eigenvalue weighted by molar-refractivity contribution is 0.550. The van der Waals surface area contributed by atoms with Crippen molar-refractivity contribution in [1.29, 1.82) is 0 Å². The molecule has 3 aromatic rings. The van der Waals surface area contributed by atoms with Crippen LogP contribution in [0.5, 0.6) is 0 Å². The highest BCUT2D eigenvalue weighted by Gasteiger charge is 2.39. The Morgan fingerprint density at radius 1 is 0.548 bits per heavy atom. The van der Waals surface area contributed by atoms with Gasteiger partial charge in [-0.3, -0.25) is 0 Å². The third kappa shape index (κ3) is 3.86. The topological polar surface area (TPSA) is 118 Å². The van der Waals surface area contributed by atoms with Crippen LogP contribution >= 0.6 is 0 Å². The van der Waals surface area contributed by atoms with Gasteiger partial charge in [-0.25, -0.2) is 19.2 Å². The molecule has 0 atom stereocenters. The summed E-state index contributed by atoms with van der Waals surface area (Å²) in [4.78, 5) is 59.7. The Hall–Kier alpha value is -4.82. The van der Waals surface area contributed by atoms with Crippen molar-refractivity contribution in [3.05, 3.63) is 89.5 Å². The van der Waals surface area contributed by atoms with E-state index in [0.29, 0.717) is 11.1 Å². The normalized spacial score (nSPS) is 9.94. The standard InChI is InChI=1S/C23H12N4O4/c28-13-24-20-12-11-19(21(25-14-29)22(20)26-15-30)23(27-16-31,17-7-3-1-4-8-17)18-9-5-2-6-10-18/h1-12H. The highest BCUT2D eigenvalue weighted by Crippen LogP contribution is 2.50. The molecule has 0 heterocycles. The summed E-state index contributed by atoms with van der Waals surface area (Å²) in [5.41, 5.74) is -0.606. The first kappa shape index (κ1) is 20.9. The third-order valence-electron chi connectivity index (χ3n) is 4.60. The number of nitrogens with zero attached hydrogens (tertiary/aromatic N) is 4. The lowest BCUT2D eigenvalue weighted by Gasteiger charge is -2.31. The molecule has 0 spiro atoms. The molecule has 0 N–H and O–H groups in total. The van der Waals surface area contributed by atoms with Gasteiger partial charge in [0.1, 0.15) is 17.1 Å². The van der Waals surface area contributed by atoms with Gasteiger partial charge in [0, 0.05) is 5.56 Å². The molecule has 148 valence electrons. The van der Waals surface area contributed by atoms with E-state index in [-0.39, 0.29) is 22.6 Å². The number of carbonyl (C=O) groups excluding carboxylic acids is 4. The van der Waals surface area contributed by atoms with Gasteiger partial charge in [-0.1, -0.05) is 66.7 Å². The predicted octanol–water partition coefficient (Wildman–Crippen LogP) is 4.22. The lowest BCUT2D eigenvalue weighted by atomic mass is 9.76. The van der Waals surface area contributed by atoms with E-state index < -0.39 is 5.54 Å². The van der Waals surface area contributed by atoms with Crippen molar-refractivity contribution >= 4 is 41.4 Å². The van der Waals surface area contributed by atoms with Crippen molar-refractivity contribution in [2.75, 3.05) is 0 Å². The molecule has 8 heteroatoms. The smallest absolute Gasteiger partial charge is 0.211 e. The first-order chi connectivity index (χ1) is 15.2. The van der Waals surface area contributed by atoms with Crippen molar-refractivity contribution in [3.63, 3.8) is 0 Å². The van der Waals surface area contributed by atoms with Crippen molar-refractivity contribution in [2.24, 2.45) is 20.0 Å². The van der Waals surface area contributed by atoms with Gasteiger partial charge in [-0.05, 0) is 17.2 Å². The quantitative estimate of drug-likeness (QED) is 0.330. The molecule has 3 aromatic carbocycles. The SMILES string of the molecule is O=C=Nc1ccc(C(N=C=O)(c2ccccc2)c2ccccc2)c(N=C=O)c1N=C=O. The minimum Gasteiger partial charge on any atom is -0.211 e. The molecular weight excluding hydrogens is 396 g/mol. The molecule has 0 radical (unpaired) electrons. The minimum atomic E-state index is -1.50. The second kappa shape index (κ2) is 9.59. The second-order valence-corrected chi connectivity index (χ2v) is 6.08. The van der Waals surface area contributed by atoms with Crippen LogP contribution in [-0.4, -0.2) is 24.3 Å². The van der Waals surface area contributed by atoms with Gasteiger partial charge in [0.2, 0.25) is 24.3 Å². The van der Waals surface area contributed by atoms with Gasteiger partial charge in [0.15, 0.2) is 5.54 Å². The van der Waals surface area contributed by atoms with Crippen molar-refractivity contribution in [2.45, 2.75) is 5.54 Å². The molecule has 0 aliphatic carbocycles. The molecule has 0 saturated heterocycles. The van der Waals surface area contributed by atoms with E-state index >= 15 is 0 Å².